The first-order chi connectivity index (χ1) is 10.3. The van der Waals surface area contributed by atoms with Crippen molar-refractivity contribution in [3.05, 3.63) is 0 Å². The molecule has 8 nitrogen and oxygen atoms in total. The van der Waals surface area contributed by atoms with Crippen LogP contribution in [0.3, 0.4) is 0 Å². The predicted molar refractivity (Wildman–Crippen MR) is 71.0 cm³/mol. The molecule has 0 bridgehead atoms. The SMILES string of the molecule is COC(=O)CCCCC(=O)[O-].COC(=O)CCCCC(=O)[O-].[Cu+2]. The van der Waals surface area contributed by atoms with E-state index in [4.69, 9.17) is 0 Å². The fourth-order valence-electron chi connectivity index (χ4n) is 1.28. The van der Waals surface area contributed by atoms with E-state index in [1.807, 2.05) is 0 Å². The number of esters is 2. The molecule has 0 atom stereocenters. The molecular weight excluding hydrogens is 360 g/mol. The maximum atomic E-state index is 10.5. The largest absolute Gasteiger partial charge is 2.00 e. The fourth-order valence-corrected chi connectivity index (χ4v) is 1.28. The van der Waals surface area contributed by atoms with E-state index in [9.17, 15) is 29.4 Å². The van der Waals surface area contributed by atoms with E-state index in [1.54, 1.807) is 0 Å². The van der Waals surface area contributed by atoms with Crippen LogP contribution in [0.15, 0.2) is 0 Å². The number of methoxy groups -OCH3 is 2. The van der Waals surface area contributed by atoms with Crippen LogP contribution in [0.2, 0.25) is 0 Å². The summed E-state index contributed by atoms with van der Waals surface area (Å²) in [7, 11) is 2.61. The van der Waals surface area contributed by atoms with E-state index < -0.39 is 11.9 Å². The molecule has 0 amide bonds. The molecule has 0 saturated carbocycles. The van der Waals surface area contributed by atoms with Crippen molar-refractivity contribution in [3.63, 3.8) is 0 Å². The molecule has 0 unspecified atom stereocenters. The zero-order valence-corrected chi connectivity index (χ0v) is 14.2. The number of aliphatic carboxylic acids is 2. The third-order valence-corrected chi connectivity index (χ3v) is 2.48. The molecule has 0 heterocycles. The molecular formula is C14H22CuO8. The van der Waals surface area contributed by atoms with Crippen LogP contribution in [0.25, 0.3) is 0 Å². The van der Waals surface area contributed by atoms with E-state index in [0.29, 0.717) is 25.7 Å². The average Bonchev–Trinajstić information content (AvgIpc) is 2.47. The Morgan fingerprint density at radius 3 is 1.13 bits per heavy atom. The zero-order chi connectivity index (χ0) is 17.4. The van der Waals surface area contributed by atoms with Crippen molar-refractivity contribution in [1.82, 2.24) is 0 Å². The number of carbonyl (C=O) groups is 4. The van der Waals surface area contributed by atoms with Gasteiger partial charge < -0.3 is 29.3 Å². The topological polar surface area (TPSA) is 133 Å². The molecule has 0 spiro atoms. The molecule has 0 fully saturated rings. The van der Waals surface area contributed by atoms with Crippen molar-refractivity contribution >= 4 is 23.9 Å². The third-order valence-electron chi connectivity index (χ3n) is 2.48. The Morgan fingerprint density at radius 2 is 0.913 bits per heavy atom. The first-order valence-electron chi connectivity index (χ1n) is 6.86. The number of rotatable bonds is 10. The summed E-state index contributed by atoms with van der Waals surface area (Å²) in [4.78, 5) is 40.7. The normalized spacial score (nSPS) is 8.78. The quantitative estimate of drug-likeness (QED) is 0.265. The summed E-state index contributed by atoms with van der Waals surface area (Å²) >= 11 is 0. The third kappa shape index (κ3) is 25.7. The van der Waals surface area contributed by atoms with E-state index in [-0.39, 0.29) is 54.7 Å². The van der Waals surface area contributed by atoms with E-state index in [0.717, 1.165) is 0 Å². The Bertz CT molecular complexity index is 323. The second kappa shape index (κ2) is 18.4. The van der Waals surface area contributed by atoms with Crippen molar-refractivity contribution in [1.29, 1.82) is 0 Å². The van der Waals surface area contributed by atoms with Gasteiger partial charge in [0.2, 0.25) is 0 Å². The van der Waals surface area contributed by atoms with E-state index in [1.165, 1.54) is 14.2 Å². The zero-order valence-electron chi connectivity index (χ0n) is 13.2. The first kappa shape index (κ1) is 26.3. The first-order valence-corrected chi connectivity index (χ1v) is 6.86. The molecule has 137 valence electrons. The molecule has 0 rings (SSSR count). The Kier molecular flexibility index (Phi) is 21.1. The van der Waals surface area contributed by atoms with Gasteiger partial charge in [-0.1, -0.05) is 0 Å². The monoisotopic (exact) mass is 381 g/mol. The molecule has 0 aliphatic carbocycles. The summed E-state index contributed by atoms with van der Waals surface area (Å²) in [5.41, 5.74) is 0. The molecule has 0 saturated heterocycles. The molecule has 0 aromatic heterocycles. The molecule has 23 heavy (non-hydrogen) atoms. The van der Waals surface area contributed by atoms with Gasteiger partial charge in [-0.25, -0.2) is 0 Å². The molecule has 0 aliphatic heterocycles. The van der Waals surface area contributed by atoms with E-state index >= 15 is 0 Å². The summed E-state index contributed by atoms with van der Waals surface area (Å²) < 4.78 is 8.71. The Hall–Kier alpha value is -1.60. The number of carboxylic acid groups (broad SMARTS) is 2. The molecule has 0 aromatic rings. The van der Waals surface area contributed by atoms with Gasteiger partial charge in [0, 0.05) is 24.8 Å². The van der Waals surface area contributed by atoms with Crippen LogP contribution in [0.5, 0.6) is 0 Å². The average molecular weight is 382 g/mol. The van der Waals surface area contributed by atoms with Gasteiger partial charge in [0.15, 0.2) is 0 Å². The van der Waals surface area contributed by atoms with Crippen molar-refractivity contribution in [2.24, 2.45) is 0 Å². The summed E-state index contributed by atoms with van der Waals surface area (Å²) in [6, 6.07) is 0. The van der Waals surface area contributed by atoms with Crippen molar-refractivity contribution < 1.29 is 55.9 Å². The van der Waals surface area contributed by atoms with Gasteiger partial charge in [-0.3, -0.25) is 9.59 Å². The van der Waals surface area contributed by atoms with Gasteiger partial charge in [0.1, 0.15) is 0 Å². The van der Waals surface area contributed by atoms with Crippen LogP contribution >= 0.6 is 0 Å². The minimum absolute atomic E-state index is 0. The molecule has 9 heteroatoms. The second-order valence-corrected chi connectivity index (χ2v) is 4.31. The predicted octanol–water partition coefficient (Wildman–Crippen LogP) is -1.06. The number of hydrogen-bond donors (Lipinski definition) is 0. The summed E-state index contributed by atoms with van der Waals surface area (Å²) in [6.07, 6.45) is 2.61. The Morgan fingerprint density at radius 1 is 0.652 bits per heavy atom. The number of carboxylic acids is 2. The van der Waals surface area contributed by atoms with E-state index in [2.05, 4.69) is 9.47 Å². The van der Waals surface area contributed by atoms with Crippen molar-refractivity contribution in [2.45, 2.75) is 51.4 Å². The standard InChI is InChI=1S/2C7H12O4.Cu/c2*1-11-7(10)5-3-2-4-6(8)9;/h2*2-5H2,1H3,(H,8,9);/q;;+2/p-2. The van der Waals surface area contributed by atoms with Crippen molar-refractivity contribution in [3.8, 4) is 0 Å². The number of hydrogen-bond acceptors (Lipinski definition) is 8. The van der Waals surface area contributed by atoms with Gasteiger partial charge in [-0.2, -0.15) is 0 Å². The van der Waals surface area contributed by atoms with Crippen LogP contribution in [-0.2, 0) is 45.7 Å². The Balaban J connectivity index is -0.000000333. The van der Waals surface area contributed by atoms with Crippen LogP contribution in [0.1, 0.15) is 51.4 Å². The number of carbonyl (C=O) groups excluding carboxylic acids is 4. The van der Waals surface area contributed by atoms with Gasteiger partial charge >= 0.3 is 29.0 Å². The van der Waals surface area contributed by atoms with Gasteiger partial charge in [-0.15, -0.1) is 0 Å². The van der Waals surface area contributed by atoms with Crippen LogP contribution in [0.4, 0.5) is 0 Å². The second-order valence-electron chi connectivity index (χ2n) is 4.31. The van der Waals surface area contributed by atoms with Crippen LogP contribution in [-0.4, -0.2) is 38.1 Å². The minimum Gasteiger partial charge on any atom is -0.550 e. The fraction of sp³-hybridized carbons (Fsp3) is 0.714. The van der Waals surface area contributed by atoms with Gasteiger partial charge in [-0.05, 0) is 38.5 Å². The molecule has 0 aliphatic rings. The molecule has 0 N–H and O–H groups in total. The number of ether oxygens (including phenoxy) is 2. The van der Waals surface area contributed by atoms with Gasteiger partial charge in [0.05, 0.1) is 14.2 Å². The summed E-state index contributed by atoms with van der Waals surface area (Å²) in [5.74, 6) is -2.75. The number of unbranched alkanes of at least 4 members (excludes halogenated alkanes) is 2. The Labute approximate surface area is 146 Å². The summed E-state index contributed by atoms with van der Waals surface area (Å²) in [6.45, 7) is 0. The molecule has 1 radical (unpaired) electrons. The summed E-state index contributed by atoms with van der Waals surface area (Å²) in [5, 5.41) is 19.8. The maximum absolute atomic E-state index is 10.5. The van der Waals surface area contributed by atoms with Gasteiger partial charge in [0.25, 0.3) is 0 Å². The smallest absolute Gasteiger partial charge is 0.550 e. The maximum Gasteiger partial charge on any atom is 2.00 e. The van der Waals surface area contributed by atoms with Crippen LogP contribution in [0, 0.1) is 0 Å². The molecule has 0 aromatic carbocycles. The minimum atomic E-state index is -1.07. The van der Waals surface area contributed by atoms with Crippen molar-refractivity contribution in [2.75, 3.05) is 14.2 Å². The van der Waals surface area contributed by atoms with Crippen LogP contribution < -0.4 is 10.2 Å².